The number of carboxylic acid groups (broad SMARTS) is 1. The predicted octanol–water partition coefficient (Wildman–Crippen LogP) is 2.83. The molecule has 0 aliphatic rings. The van der Waals surface area contributed by atoms with Gasteiger partial charge in [-0.3, -0.25) is 4.79 Å². The molecule has 1 amide bonds. The van der Waals surface area contributed by atoms with E-state index in [-0.39, 0.29) is 22.9 Å². The lowest BCUT2D eigenvalue weighted by Crippen LogP contribution is -2.27. The molecule has 0 saturated carbocycles. The van der Waals surface area contributed by atoms with Crippen LogP contribution >= 0.6 is 11.6 Å². The third kappa shape index (κ3) is 3.22. The molecule has 0 aliphatic carbocycles. The molecular weight excluding hydrogens is 296 g/mol. The first-order valence-electron chi connectivity index (χ1n) is 6.16. The number of hydrogen-bond donors (Lipinski definition) is 2. The zero-order chi connectivity index (χ0) is 15.6. The smallest absolute Gasteiger partial charge is 0.341 e. The lowest BCUT2D eigenvalue weighted by molar-refractivity contribution is 0.0690. The quantitative estimate of drug-likeness (QED) is 0.906. The fourth-order valence-electron chi connectivity index (χ4n) is 1.89. The Kier molecular flexibility index (Phi) is 4.28. The first kappa shape index (κ1) is 15.1. The maximum absolute atomic E-state index is 12.1. The van der Waals surface area contributed by atoms with Gasteiger partial charge in [-0.2, -0.15) is 0 Å². The van der Waals surface area contributed by atoms with Gasteiger partial charge in [-0.15, -0.1) is 0 Å². The molecule has 0 bridgehead atoms. The number of aromatic nitrogens is 1. The molecule has 0 fully saturated rings. The third-order valence-electron chi connectivity index (χ3n) is 2.95. The van der Waals surface area contributed by atoms with Crippen molar-refractivity contribution < 1.29 is 19.2 Å². The van der Waals surface area contributed by atoms with Gasteiger partial charge >= 0.3 is 5.97 Å². The van der Waals surface area contributed by atoms with Gasteiger partial charge in [-0.05, 0) is 38.1 Å². The van der Waals surface area contributed by atoms with Crippen LogP contribution in [-0.4, -0.2) is 22.1 Å². The highest BCUT2D eigenvalue weighted by Crippen LogP contribution is 2.21. The van der Waals surface area contributed by atoms with Crippen LogP contribution in [-0.2, 0) is 0 Å². The van der Waals surface area contributed by atoms with E-state index in [1.54, 1.807) is 31.2 Å². The summed E-state index contributed by atoms with van der Waals surface area (Å²) in [4.78, 5) is 23.2. The highest BCUT2D eigenvalue weighted by atomic mass is 35.5. The van der Waals surface area contributed by atoms with Crippen molar-refractivity contribution in [2.45, 2.75) is 19.9 Å². The minimum absolute atomic E-state index is 0.0288. The minimum Gasteiger partial charge on any atom is -0.477 e. The molecule has 110 valence electrons. The number of nitrogens with one attached hydrogen (secondary N) is 1. The average Bonchev–Trinajstić information content (AvgIpc) is 2.81. The van der Waals surface area contributed by atoms with Crippen molar-refractivity contribution in [2.75, 3.05) is 0 Å². The van der Waals surface area contributed by atoms with E-state index in [1.807, 2.05) is 0 Å². The summed E-state index contributed by atoms with van der Waals surface area (Å²) in [5.41, 5.74) is 0.656. The van der Waals surface area contributed by atoms with Crippen molar-refractivity contribution in [2.24, 2.45) is 0 Å². The molecule has 2 rings (SSSR count). The Morgan fingerprint density at radius 2 is 1.95 bits per heavy atom. The third-order valence-corrected chi connectivity index (χ3v) is 3.20. The van der Waals surface area contributed by atoms with Gasteiger partial charge < -0.3 is 14.9 Å². The van der Waals surface area contributed by atoms with E-state index in [0.29, 0.717) is 10.6 Å². The van der Waals surface area contributed by atoms with Crippen molar-refractivity contribution >= 4 is 23.5 Å². The molecule has 7 heteroatoms. The summed E-state index contributed by atoms with van der Waals surface area (Å²) in [6.45, 7) is 3.16. The summed E-state index contributed by atoms with van der Waals surface area (Å²) in [7, 11) is 0. The van der Waals surface area contributed by atoms with Crippen LogP contribution in [0.15, 0.2) is 28.8 Å². The number of hydrogen-bond acceptors (Lipinski definition) is 4. The number of carbonyl (C=O) groups excluding carboxylic acids is 1. The predicted molar refractivity (Wildman–Crippen MR) is 75.5 cm³/mol. The van der Waals surface area contributed by atoms with Crippen LogP contribution < -0.4 is 5.32 Å². The number of halogens is 1. The maximum atomic E-state index is 12.1. The second kappa shape index (κ2) is 5.97. The number of carbonyl (C=O) groups is 2. The summed E-state index contributed by atoms with van der Waals surface area (Å²) < 4.78 is 5.01. The van der Waals surface area contributed by atoms with Crippen molar-refractivity contribution in [3.05, 3.63) is 51.9 Å². The number of aryl methyl sites for hydroxylation is 1. The number of nitrogens with zero attached hydrogens (tertiary/aromatic N) is 1. The zero-order valence-corrected chi connectivity index (χ0v) is 12.1. The highest BCUT2D eigenvalue weighted by Gasteiger charge is 2.25. The van der Waals surface area contributed by atoms with Gasteiger partial charge in [0.05, 0.1) is 11.7 Å². The van der Waals surface area contributed by atoms with E-state index in [1.165, 1.54) is 6.92 Å². The monoisotopic (exact) mass is 308 g/mol. The summed E-state index contributed by atoms with van der Waals surface area (Å²) in [5.74, 6) is -1.39. The molecule has 1 aromatic heterocycles. The SMILES string of the molecule is Cc1noc([C@@H](C)NC(=O)c2ccc(Cl)cc2)c1C(=O)O. The second-order valence-corrected chi connectivity index (χ2v) is 4.95. The van der Waals surface area contributed by atoms with E-state index in [2.05, 4.69) is 10.5 Å². The summed E-state index contributed by atoms with van der Waals surface area (Å²) in [6.07, 6.45) is 0. The fraction of sp³-hybridized carbons (Fsp3) is 0.214. The molecule has 0 unspecified atom stereocenters. The van der Waals surface area contributed by atoms with Crippen LogP contribution in [0.3, 0.4) is 0 Å². The van der Waals surface area contributed by atoms with Gasteiger partial charge in [0.1, 0.15) is 5.56 Å². The van der Waals surface area contributed by atoms with E-state index < -0.39 is 12.0 Å². The van der Waals surface area contributed by atoms with Gasteiger partial charge in [0, 0.05) is 10.6 Å². The summed E-state index contributed by atoms with van der Waals surface area (Å²) in [5, 5.41) is 16.0. The van der Waals surface area contributed by atoms with Crippen LogP contribution in [0.5, 0.6) is 0 Å². The van der Waals surface area contributed by atoms with Gasteiger partial charge in [0.2, 0.25) is 0 Å². The van der Waals surface area contributed by atoms with E-state index in [4.69, 9.17) is 21.2 Å². The molecule has 6 nitrogen and oxygen atoms in total. The molecule has 0 aliphatic heterocycles. The molecule has 21 heavy (non-hydrogen) atoms. The normalized spacial score (nSPS) is 12.0. The first-order chi connectivity index (χ1) is 9.90. The molecule has 0 radical (unpaired) electrons. The molecule has 0 saturated heterocycles. The maximum Gasteiger partial charge on any atom is 0.341 e. The molecule has 1 atom stereocenters. The average molecular weight is 309 g/mol. The van der Waals surface area contributed by atoms with Crippen molar-refractivity contribution in [1.82, 2.24) is 10.5 Å². The van der Waals surface area contributed by atoms with E-state index in [0.717, 1.165) is 0 Å². The highest BCUT2D eigenvalue weighted by molar-refractivity contribution is 6.30. The van der Waals surface area contributed by atoms with Gasteiger partial charge in [0.15, 0.2) is 5.76 Å². The molecule has 1 aromatic carbocycles. The Morgan fingerprint density at radius 3 is 2.52 bits per heavy atom. The van der Waals surface area contributed by atoms with Crippen LogP contribution in [0.1, 0.15) is 45.1 Å². The first-order valence-corrected chi connectivity index (χ1v) is 6.54. The lowest BCUT2D eigenvalue weighted by atomic mass is 10.1. The minimum atomic E-state index is -1.14. The van der Waals surface area contributed by atoms with Crippen molar-refractivity contribution in [3.8, 4) is 0 Å². The molecule has 0 spiro atoms. The molecular formula is C14H13ClN2O4. The van der Waals surface area contributed by atoms with Crippen molar-refractivity contribution in [1.29, 1.82) is 0 Å². The number of amides is 1. The zero-order valence-electron chi connectivity index (χ0n) is 11.4. The Morgan fingerprint density at radius 1 is 1.33 bits per heavy atom. The van der Waals surface area contributed by atoms with Gasteiger partial charge in [-0.1, -0.05) is 16.8 Å². The van der Waals surface area contributed by atoms with Gasteiger partial charge in [0.25, 0.3) is 5.91 Å². The largest absolute Gasteiger partial charge is 0.477 e. The van der Waals surface area contributed by atoms with Crippen LogP contribution in [0.2, 0.25) is 5.02 Å². The van der Waals surface area contributed by atoms with Crippen LogP contribution in [0.25, 0.3) is 0 Å². The second-order valence-electron chi connectivity index (χ2n) is 4.51. The Balaban J connectivity index is 2.18. The van der Waals surface area contributed by atoms with Crippen LogP contribution in [0, 0.1) is 6.92 Å². The lowest BCUT2D eigenvalue weighted by Gasteiger charge is -2.11. The number of benzene rings is 1. The molecule has 1 heterocycles. The van der Waals surface area contributed by atoms with E-state index in [9.17, 15) is 9.59 Å². The Hall–Kier alpha value is -2.34. The molecule has 2 N–H and O–H groups in total. The van der Waals surface area contributed by atoms with E-state index >= 15 is 0 Å². The summed E-state index contributed by atoms with van der Waals surface area (Å²) in [6, 6.07) is 5.73. The number of aromatic carboxylic acids is 1. The Labute approximate surface area is 125 Å². The van der Waals surface area contributed by atoms with Crippen LogP contribution in [0.4, 0.5) is 0 Å². The van der Waals surface area contributed by atoms with Gasteiger partial charge in [-0.25, -0.2) is 4.79 Å². The standard InChI is InChI=1S/C14H13ClN2O4/c1-7-11(14(19)20)12(21-17-7)8(2)16-13(18)9-3-5-10(15)6-4-9/h3-6,8H,1-2H3,(H,16,18)(H,19,20)/t8-/m1/s1. The fourth-order valence-corrected chi connectivity index (χ4v) is 2.02. The topological polar surface area (TPSA) is 92.4 Å². The van der Waals surface area contributed by atoms with Crippen molar-refractivity contribution in [3.63, 3.8) is 0 Å². The summed E-state index contributed by atoms with van der Waals surface area (Å²) >= 11 is 5.76. The number of rotatable bonds is 4. The molecule has 2 aromatic rings. The Bertz CT molecular complexity index is 679. The number of carboxylic acids is 1.